The molecule has 0 unspecified atom stereocenters. The Morgan fingerprint density at radius 1 is 0.550 bits per heavy atom. The molecule has 2 heterocycles. The molecule has 560 valence electrons. The van der Waals surface area contributed by atoms with Crippen molar-refractivity contribution in [3.63, 3.8) is 0 Å². The lowest BCUT2D eigenvalue weighted by Crippen LogP contribution is -2.63. The fraction of sp³-hybridized carbons (Fsp3) is 0.685. The highest BCUT2D eigenvalue weighted by atomic mass is 35.5. The maximum Gasteiger partial charge on any atom is 0.246 e. The summed E-state index contributed by atoms with van der Waals surface area (Å²) in [7, 11) is 10.1. The third-order valence-corrected chi connectivity index (χ3v) is 20.1. The zero-order chi connectivity index (χ0) is 75.8. The number of hydrogen-bond donors (Lipinski definition) is 4. The quantitative estimate of drug-likeness (QED) is 0.122. The van der Waals surface area contributed by atoms with Crippen molar-refractivity contribution in [3.8, 4) is 5.75 Å². The highest BCUT2D eigenvalue weighted by Crippen LogP contribution is 2.40. The van der Waals surface area contributed by atoms with Gasteiger partial charge in [-0.1, -0.05) is 132 Å². The molecule has 13 atom stereocenters. The molecule has 27 heteroatoms. The molecular weight excluding hydrogens is 1330 g/mol. The van der Waals surface area contributed by atoms with E-state index in [2.05, 4.69) is 21.3 Å². The van der Waals surface area contributed by atoms with Gasteiger partial charge in [-0.15, -0.1) is 0 Å². The average Bonchev–Trinajstić information content (AvgIpc) is 1.46. The van der Waals surface area contributed by atoms with Gasteiger partial charge in [-0.3, -0.25) is 52.7 Å². The fourth-order valence-electron chi connectivity index (χ4n) is 12.7. The molecule has 0 aromatic heterocycles. The summed E-state index contributed by atoms with van der Waals surface area (Å²) in [5.41, 5.74) is -0.0127. The predicted molar refractivity (Wildman–Crippen MR) is 384 cm³/mol. The van der Waals surface area contributed by atoms with Gasteiger partial charge in [-0.2, -0.15) is 0 Å². The number of nitrogens with zero attached hydrogens (tertiary/aromatic N) is 7. The Kier molecular flexibility index (Phi) is 32.7. The first kappa shape index (κ1) is 85.4. The SMILES string of the molecule is CC[C@@H]1NC(=O)[C@H]([C@@H]2O[C@@H](Sc3cccc(OCc4ccc(F)cc4Cl)c3)C[C@H]2C)N(C)C(=O)[C@H](C(C)C)N(C)C(=O)[C@H](CC(C)C)N(C)C(=O)[C@H](CC(C)C)N(C)C(=O)[C@@H](C)NC(=O)[C@H](C)NC(=O)[C@H](CC(C)C)N(C)C(=O)[C@H](C(C)C)NC(=O)[C@H](CC(C)C)N(C)C(=O)CN(C)C1=O. The van der Waals surface area contributed by atoms with Crippen LogP contribution in [0.4, 0.5) is 4.39 Å². The van der Waals surface area contributed by atoms with Gasteiger partial charge in [0.05, 0.1) is 17.7 Å². The Bertz CT molecular complexity index is 3190. The van der Waals surface area contributed by atoms with E-state index in [1.165, 1.54) is 116 Å². The van der Waals surface area contributed by atoms with Crippen molar-refractivity contribution in [3.05, 3.63) is 58.9 Å². The van der Waals surface area contributed by atoms with E-state index in [4.69, 9.17) is 21.1 Å². The lowest BCUT2D eigenvalue weighted by Gasteiger charge is -2.41. The number of benzene rings is 2. The number of halogens is 2. The summed E-state index contributed by atoms with van der Waals surface area (Å²) in [5, 5.41) is 11.4. The molecule has 2 aromatic rings. The van der Waals surface area contributed by atoms with Gasteiger partial charge >= 0.3 is 0 Å². The number of nitrogens with one attached hydrogen (secondary N) is 4. The maximum absolute atomic E-state index is 15.7. The van der Waals surface area contributed by atoms with Gasteiger partial charge in [-0.05, 0) is 124 Å². The molecule has 11 amide bonds. The van der Waals surface area contributed by atoms with Crippen LogP contribution >= 0.6 is 23.4 Å². The molecule has 2 saturated heterocycles. The van der Waals surface area contributed by atoms with Gasteiger partial charge in [-0.25, -0.2) is 4.39 Å². The van der Waals surface area contributed by atoms with Gasteiger partial charge in [0.1, 0.15) is 84.0 Å². The number of ether oxygens (including phenoxy) is 2. The number of carbonyl (C=O) groups excluding carboxylic acids is 11. The van der Waals surface area contributed by atoms with E-state index in [1.807, 2.05) is 68.4 Å². The number of likely N-dealkylation sites (N-methyl/N-ethyl adjacent to an activating group) is 7. The second-order valence-corrected chi connectivity index (χ2v) is 31.3. The summed E-state index contributed by atoms with van der Waals surface area (Å²) in [4.78, 5) is 173. The van der Waals surface area contributed by atoms with E-state index in [1.54, 1.807) is 58.9 Å². The minimum absolute atomic E-state index is 0.0240. The fourth-order valence-corrected chi connectivity index (χ4v) is 14.2. The molecule has 0 saturated carbocycles. The molecule has 0 spiro atoms. The first-order chi connectivity index (χ1) is 46.5. The third kappa shape index (κ3) is 23.0. The van der Waals surface area contributed by atoms with Crippen molar-refractivity contribution >= 4 is 88.3 Å². The van der Waals surface area contributed by atoms with Gasteiger partial charge in [0, 0.05) is 59.8 Å². The van der Waals surface area contributed by atoms with Crippen molar-refractivity contribution in [2.45, 2.75) is 233 Å². The normalized spacial score (nSPS) is 26.9. The van der Waals surface area contributed by atoms with E-state index in [9.17, 15) is 38.0 Å². The van der Waals surface area contributed by atoms with Crippen molar-refractivity contribution in [1.82, 2.24) is 55.6 Å². The molecular formula is C73H115ClFN11O13S. The highest BCUT2D eigenvalue weighted by molar-refractivity contribution is 7.99. The Labute approximate surface area is 602 Å². The molecule has 24 nitrogen and oxygen atoms in total. The molecule has 100 heavy (non-hydrogen) atoms. The maximum atomic E-state index is 15.7. The van der Waals surface area contributed by atoms with E-state index < -0.39 is 167 Å². The molecule has 4 N–H and O–H groups in total. The lowest BCUT2D eigenvalue weighted by atomic mass is 9.93. The minimum Gasteiger partial charge on any atom is -0.489 e. The third-order valence-electron chi connectivity index (χ3n) is 18.7. The summed E-state index contributed by atoms with van der Waals surface area (Å²) >= 11 is 7.66. The van der Waals surface area contributed by atoms with E-state index in [0.29, 0.717) is 17.7 Å². The van der Waals surface area contributed by atoms with Gasteiger partial charge in [0.15, 0.2) is 0 Å². The van der Waals surface area contributed by atoms with Crippen LogP contribution in [0.2, 0.25) is 5.02 Å². The first-order valence-corrected chi connectivity index (χ1v) is 36.3. The van der Waals surface area contributed by atoms with Crippen LogP contribution in [-0.4, -0.2) is 227 Å². The number of carbonyl (C=O) groups is 11. The van der Waals surface area contributed by atoms with E-state index in [-0.39, 0.29) is 67.4 Å². The van der Waals surface area contributed by atoms with Gasteiger partial charge in [0.2, 0.25) is 65.0 Å². The van der Waals surface area contributed by atoms with Crippen LogP contribution in [-0.2, 0) is 64.1 Å². The second kappa shape index (κ2) is 38.3. The standard InChI is InChI=1S/C73H115ClFN11O13S/c1-24-53-69(93)80(17)37-58(87)81(18)54(30-39(2)3)66(90)79-60(43(10)11)72(96)82(19)55(31-40(4)5)65(89)76-46(15)64(88)77-47(16)68(92)83(20)56(32-41(6)7)70(94)84(21)57(33-42(8)9)71(95)85(22)61(44(12)13)73(97)86(23)62(67(91)78-53)63-45(14)34-59(99-63)100-51-27-25-26-50(36-51)98-38-48-28-29-49(75)35-52(48)74/h25-29,35-36,39-47,53-57,59-63H,24,30-34,37-38H2,1-23H3,(H,76,89)(H,77,88)(H,78,91)(H,79,90)/t45-,46+,47-,53+,54+,55+,56+,57+,59+,60+,61+,62+,63-/m1/s1. The molecule has 2 fully saturated rings. The summed E-state index contributed by atoms with van der Waals surface area (Å²) < 4.78 is 26.8. The summed E-state index contributed by atoms with van der Waals surface area (Å²) in [6.07, 6.45) is -0.0286. The Hall–Kier alpha value is -7.06. The number of amides is 11. The predicted octanol–water partition coefficient (Wildman–Crippen LogP) is 7.22. The van der Waals surface area contributed by atoms with Crippen LogP contribution in [0.15, 0.2) is 47.4 Å². The highest BCUT2D eigenvalue weighted by Gasteiger charge is 2.49. The largest absolute Gasteiger partial charge is 0.489 e. The first-order valence-electron chi connectivity index (χ1n) is 35.1. The van der Waals surface area contributed by atoms with Crippen LogP contribution in [0, 0.1) is 47.2 Å². The summed E-state index contributed by atoms with van der Waals surface area (Å²) in [6, 6.07) is -1.02. The zero-order valence-electron chi connectivity index (χ0n) is 63.3. The van der Waals surface area contributed by atoms with E-state index in [0.717, 1.165) is 9.80 Å². The number of rotatable bonds is 17. The number of thioether (sulfide) groups is 1. The Balaban J connectivity index is 1.89. The average molecular weight is 1440 g/mol. The topological polar surface area (TPSA) is 277 Å². The Morgan fingerprint density at radius 2 is 1.06 bits per heavy atom. The molecule has 2 aliphatic rings. The molecule has 0 aliphatic carbocycles. The van der Waals surface area contributed by atoms with E-state index >= 15 is 19.2 Å². The summed E-state index contributed by atoms with van der Waals surface area (Å²) in [5.74, 6) is -9.45. The molecule has 2 aliphatic heterocycles. The van der Waals surface area contributed by atoms with Crippen LogP contribution in [0.5, 0.6) is 5.75 Å². The lowest BCUT2D eigenvalue weighted by molar-refractivity contribution is -0.157. The summed E-state index contributed by atoms with van der Waals surface area (Å²) in [6.45, 7) is 27.9. The van der Waals surface area contributed by atoms with Crippen LogP contribution in [0.1, 0.15) is 155 Å². The van der Waals surface area contributed by atoms with Crippen LogP contribution < -0.4 is 26.0 Å². The molecule has 4 rings (SSSR count). The van der Waals surface area contributed by atoms with Crippen molar-refractivity contribution in [1.29, 1.82) is 0 Å². The van der Waals surface area contributed by atoms with Crippen LogP contribution in [0.25, 0.3) is 0 Å². The van der Waals surface area contributed by atoms with Crippen molar-refractivity contribution in [2.24, 2.45) is 41.4 Å². The second-order valence-electron chi connectivity index (χ2n) is 29.7. The smallest absolute Gasteiger partial charge is 0.246 e. The number of hydrogen-bond acceptors (Lipinski definition) is 14. The molecule has 0 radical (unpaired) electrons. The van der Waals surface area contributed by atoms with Crippen LogP contribution in [0.3, 0.4) is 0 Å². The Morgan fingerprint density at radius 3 is 1.59 bits per heavy atom. The van der Waals surface area contributed by atoms with Gasteiger partial charge < -0.3 is 65.0 Å². The zero-order valence-corrected chi connectivity index (χ0v) is 64.8. The van der Waals surface area contributed by atoms with Crippen molar-refractivity contribution < 1.29 is 66.6 Å². The monoisotopic (exact) mass is 1440 g/mol. The van der Waals surface area contributed by atoms with Gasteiger partial charge in [0.25, 0.3) is 0 Å². The minimum atomic E-state index is -1.45. The molecule has 2 aromatic carbocycles. The van der Waals surface area contributed by atoms with Crippen molar-refractivity contribution in [2.75, 3.05) is 55.9 Å². The molecule has 0 bridgehead atoms.